The second kappa shape index (κ2) is 6.15. The third-order valence-electron chi connectivity index (χ3n) is 5.51. The molecule has 0 spiro atoms. The molecule has 24 heavy (non-hydrogen) atoms. The summed E-state index contributed by atoms with van der Waals surface area (Å²) < 4.78 is 12.2. The molecule has 0 bridgehead atoms. The third kappa shape index (κ3) is 3.09. The smallest absolute Gasteiger partial charge is 0.399 e. The molecule has 0 atom stereocenters. The quantitative estimate of drug-likeness (QED) is 0.781. The van der Waals surface area contributed by atoms with Gasteiger partial charge in [0, 0.05) is 30.4 Å². The molecule has 1 amide bonds. The number of pyridine rings is 1. The zero-order valence-electron chi connectivity index (χ0n) is 15.4. The lowest BCUT2D eigenvalue weighted by atomic mass is 9.79. The number of rotatable bonds is 2. The van der Waals surface area contributed by atoms with Gasteiger partial charge in [-0.2, -0.15) is 0 Å². The van der Waals surface area contributed by atoms with Crippen molar-refractivity contribution in [2.24, 2.45) is 0 Å². The highest BCUT2D eigenvalue weighted by Gasteiger charge is 2.52. The predicted octanol–water partition coefficient (Wildman–Crippen LogP) is 2.32. The molecule has 0 aliphatic carbocycles. The number of carbonyl (C=O) groups is 1. The Hall–Kier alpha value is -1.40. The summed E-state index contributed by atoms with van der Waals surface area (Å²) in [7, 11) is -0.490. The molecule has 6 heteroatoms. The Bertz CT molecular complexity index is 623. The minimum Gasteiger partial charge on any atom is -0.399 e. The van der Waals surface area contributed by atoms with Crippen LogP contribution in [0.2, 0.25) is 0 Å². The standard InChI is InChI=1S/C18H27BN2O3/c1-13-15(16(22)21-9-7-6-8-10-21)11-14(12-20-13)19-23-17(2,3)18(4,5)24-19/h11-12H,6-10H2,1-5H3. The Balaban J connectivity index is 1.86. The lowest BCUT2D eigenvalue weighted by Gasteiger charge is -2.32. The Kier molecular flexibility index (Phi) is 4.47. The number of nitrogens with zero attached hydrogens (tertiary/aromatic N) is 2. The number of hydrogen-bond donors (Lipinski definition) is 0. The van der Waals surface area contributed by atoms with Crippen LogP contribution in [0.15, 0.2) is 12.3 Å². The van der Waals surface area contributed by atoms with Gasteiger partial charge in [0.15, 0.2) is 0 Å². The predicted molar refractivity (Wildman–Crippen MR) is 94.4 cm³/mol. The first-order valence-electron chi connectivity index (χ1n) is 8.83. The molecule has 130 valence electrons. The molecule has 0 saturated carbocycles. The first-order valence-corrected chi connectivity index (χ1v) is 8.83. The number of aromatic nitrogens is 1. The summed E-state index contributed by atoms with van der Waals surface area (Å²) in [6, 6.07) is 1.89. The van der Waals surface area contributed by atoms with Crippen molar-refractivity contribution in [1.29, 1.82) is 0 Å². The van der Waals surface area contributed by atoms with Gasteiger partial charge in [0.2, 0.25) is 0 Å². The molecule has 0 radical (unpaired) electrons. The van der Waals surface area contributed by atoms with E-state index in [4.69, 9.17) is 9.31 Å². The molecule has 0 aromatic carbocycles. The third-order valence-corrected chi connectivity index (χ3v) is 5.51. The molecule has 2 fully saturated rings. The summed E-state index contributed by atoms with van der Waals surface area (Å²) in [5.41, 5.74) is 1.41. The normalized spacial score (nSPS) is 22.7. The van der Waals surface area contributed by atoms with Crippen LogP contribution in [0.1, 0.15) is 63.0 Å². The summed E-state index contributed by atoms with van der Waals surface area (Å²) in [5.74, 6) is 0.0677. The molecule has 5 nitrogen and oxygen atoms in total. The van der Waals surface area contributed by atoms with Crippen LogP contribution < -0.4 is 5.46 Å². The van der Waals surface area contributed by atoms with E-state index in [0.29, 0.717) is 5.56 Å². The Morgan fingerprint density at radius 1 is 1.12 bits per heavy atom. The summed E-state index contributed by atoms with van der Waals surface area (Å²) in [5, 5.41) is 0. The first kappa shape index (κ1) is 17.4. The van der Waals surface area contributed by atoms with E-state index in [9.17, 15) is 4.79 Å². The monoisotopic (exact) mass is 330 g/mol. The van der Waals surface area contributed by atoms with E-state index in [1.54, 1.807) is 6.20 Å². The van der Waals surface area contributed by atoms with E-state index in [0.717, 1.165) is 37.1 Å². The second-order valence-corrected chi connectivity index (χ2v) is 7.84. The molecule has 1 aromatic rings. The van der Waals surface area contributed by atoms with E-state index >= 15 is 0 Å². The SMILES string of the molecule is Cc1ncc(B2OC(C)(C)C(C)(C)O2)cc1C(=O)N1CCCCC1. The molecule has 2 aliphatic rings. The summed E-state index contributed by atoms with van der Waals surface area (Å²) in [6.07, 6.45) is 5.11. The summed E-state index contributed by atoms with van der Waals surface area (Å²) >= 11 is 0. The fraction of sp³-hybridized carbons (Fsp3) is 0.667. The Morgan fingerprint density at radius 2 is 1.71 bits per heavy atom. The van der Waals surface area contributed by atoms with Gasteiger partial charge in [-0.15, -0.1) is 0 Å². The van der Waals surface area contributed by atoms with Crippen LogP contribution in [-0.4, -0.2) is 47.2 Å². The Morgan fingerprint density at radius 3 is 2.29 bits per heavy atom. The molecule has 1 aromatic heterocycles. The largest absolute Gasteiger partial charge is 0.496 e. The number of hydrogen-bond acceptors (Lipinski definition) is 4. The van der Waals surface area contributed by atoms with Gasteiger partial charge in [0.1, 0.15) is 0 Å². The number of carbonyl (C=O) groups excluding carboxylic acids is 1. The van der Waals surface area contributed by atoms with Gasteiger partial charge in [-0.25, -0.2) is 0 Å². The lowest BCUT2D eigenvalue weighted by Crippen LogP contribution is -2.41. The number of aryl methyl sites for hydroxylation is 1. The minimum atomic E-state index is -0.490. The minimum absolute atomic E-state index is 0.0677. The van der Waals surface area contributed by atoms with Crippen molar-refractivity contribution in [1.82, 2.24) is 9.88 Å². The van der Waals surface area contributed by atoms with Crippen molar-refractivity contribution in [3.05, 3.63) is 23.5 Å². The van der Waals surface area contributed by atoms with Crippen molar-refractivity contribution in [3.8, 4) is 0 Å². The highest BCUT2D eigenvalue weighted by Crippen LogP contribution is 2.36. The van der Waals surface area contributed by atoms with E-state index in [-0.39, 0.29) is 5.91 Å². The van der Waals surface area contributed by atoms with Crippen LogP contribution in [0, 0.1) is 6.92 Å². The van der Waals surface area contributed by atoms with E-state index in [2.05, 4.69) is 4.98 Å². The van der Waals surface area contributed by atoms with Gasteiger partial charge in [-0.3, -0.25) is 9.78 Å². The first-order chi connectivity index (χ1) is 11.2. The molecule has 3 rings (SSSR count). The molecule has 0 N–H and O–H groups in total. The average Bonchev–Trinajstić information content (AvgIpc) is 2.76. The second-order valence-electron chi connectivity index (χ2n) is 7.84. The maximum absolute atomic E-state index is 12.8. The lowest BCUT2D eigenvalue weighted by molar-refractivity contribution is 0.00578. The summed E-state index contributed by atoms with van der Waals surface area (Å²) in [6.45, 7) is 11.6. The molecule has 2 saturated heterocycles. The van der Waals surface area contributed by atoms with Gasteiger partial charge >= 0.3 is 7.12 Å². The zero-order chi connectivity index (χ0) is 17.5. The number of amides is 1. The molecule has 3 heterocycles. The van der Waals surface area contributed by atoms with Crippen molar-refractivity contribution in [3.63, 3.8) is 0 Å². The van der Waals surface area contributed by atoms with Crippen LogP contribution in [-0.2, 0) is 9.31 Å². The maximum Gasteiger partial charge on any atom is 0.496 e. The van der Waals surface area contributed by atoms with Crippen molar-refractivity contribution in [2.45, 2.75) is 65.1 Å². The number of likely N-dealkylation sites (tertiary alicyclic amines) is 1. The van der Waals surface area contributed by atoms with E-state index in [1.165, 1.54) is 6.42 Å². The van der Waals surface area contributed by atoms with E-state index < -0.39 is 18.3 Å². The van der Waals surface area contributed by atoms with Crippen molar-refractivity contribution < 1.29 is 14.1 Å². The van der Waals surface area contributed by atoms with Crippen molar-refractivity contribution in [2.75, 3.05) is 13.1 Å². The highest BCUT2D eigenvalue weighted by molar-refractivity contribution is 6.62. The maximum atomic E-state index is 12.8. The van der Waals surface area contributed by atoms with Crippen molar-refractivity contribution >= 4 is 18.5 Å². The highest BCUT2D eigenvalue weighted by atomic mass is 16.7. The zero-order valence-corrected chi connectivity index (χ0v) is 15.4. The van der Waals surface area contributed by atoms with Crippen LogP contribution in [0.3, 0.4) is 0 Å². The molecule has 2 aliphatic heterocycles. The van der Waals surface area contributed by atoms with E-state index in [1.807, 2.05) is 45.6 Å². The Labute approximate surface area is 144 Å². The van der Waals surface area contributed by atoms with Crippen LogP contribution >= 0.6 is 0 Å². The van der Waals surface area contributed by atoms with Crippen LogP contribution in [0.4, 0.5) is 0 Å². The fourth-order valence-electron chi connectivity index (χ4n) is 3.14. The number of piperidine rings is 1. The van der Waals surface area contributed by atoms with Gasteiger partial charge in [-0.1, -0.05) is 0 Å². The van der Waals surface area contributed by atoms with Crippen LogP contribution in [0.5, 0.6) is 0 Å². The van der Waals surface area contributed by atoms with Gasteiger partial charge in [0.25, 0.3) is 5.91 Å². The summed E-state index contributed by atoms with van der Waals surface area (Å²) in [4.78, 5) is 19.2. The van der Waals surface area contributed by atoms with Gasteiger partial charge < -0.3 is 14.2 Å². The average molecular weight is 330 g/mol. The molecular weight excluding hydrogens is 303 g/mol. The topological polar surface area (TPSA) is 51.7 Å². The van der Waals surface area contributed by atoms with Gasteiger partial charge in [-0.05, 0) is 59.9 Å². The molecular formula is C18H27BN2O3. The van der Waals surface area contributed by atoms with Gasteiger partial charge in [0.05, 0.1) is 16.8 Å². The fourth-order valence-corrected chi connectivity index (χ4v) is 3.14. The molecule has 0 unspecified atom stereocenters. The van der Waals surface area contributed by atoms with Crippen LogP contribution in [0.25, 0.3) is 0 Å².